The molecule has 10 rings (SSSR count). The molecule has 23 nitrogen and oxygen atoms in total. The molecule has 408 valence electrons. The molecule has 0 radical (unpaired) electrons. The summed E-state index contributed by atoms with van der Waals surface area (Å²) in [5.74, 6) is 0.000942. The van der Waals surface area contributed by atoms with E-state index < -0.39 is 36.1 Å². The van der Waals surface area contributed by atoms with Crippen molar-refractivity contribution in [3.8, 4) is 39.5 Å². The molecule has 0 unspecified atom stereocenters. The Morgan fingerprint density at radius 2 is 1.22 bits per heavy atom. The Bertz CT molecular complexity index is 3290. The van der Waals surface area contributed by atoms with E-state index in [0.717, 1.165) is 5.56 Å². The quantitative estimate of drug-likeness (QED) is 0.0702. The summed E-state index contributed by atoms with van der Waals surface area (Å²) in [6.07, 6.45) is 7.79. The normalized spacial score (nSPS) is 15.0. The highest BCUT2D eigenvalue weighted by Gasteiger charge is 2.26. The first-order valence-electron chi connectivity index (χ1n) is 24.5. The number of carbonyl (C=O) groups excluding carboxylic acids is 6. The SMILES string of the molecule is C.COC(=O)Nc1ccc2c(c1)NC(=O)CCCC[C@H](NC(=O)c1cc(-c3cccc(Cl)c3)no1)c1ncc-2[nH]1.COC(=O)Nc1ccc2c(c1)NC(=O)CCCC[C@H](NC(=O)c1cn(-c3cccc(Cl)c3)nn1)c1ncc-2[nH]1. The Kier molecular flexibility index (Phi) is 18.1. The predicted octanol–water partition coefficient (Wildman–Crippen LogP) is 10.7. The van der Waals surface area contributed by atoms with Gasteiger partial charge in [0, 0.05) is 57.0 Å². The second kappa shape index (κ2) is 25.7. The van der Waals surface area contributed by atoms with Gasteiger partial charge < -0.3 is 45.2 Å². The number of imidazole rings is 2. The minimum atomic E-state index is -0.622. The van der Waals surface area contributed by atoms with Crippen molar-refractivity contribution < 1.29 is 42.8 Å². The van der Waals surface area contributed by atoms with E-state index in [-0.39, 0.29) is 30.7 Å². The standard InChI is InChI=1S/C27H25ClN6O5.C26H25ClN8O4.CH4/c1-38-27(37)30-17-9-10-18-21(12-17)31-24(35)8-3-2-7-19(25-29-14-22(18)32-25)33-26(36)23-13-20(34-39-23)15-5-4-6-16(28)11-15;1-39-26(38)29-16-9-10-18-20(12-16)30-23(36)8-3-2-7-19(24-28-13-21(18)31-24)32-25(37)22-14-35(34-33-22)17-6-4-5-15(27)11-17;/h4-6,9-14,19H,2-3,7-8H2,1H3,(H,29,32)(H,30,37)(H,31,35)(H,33,36);4-6,9-14,19H,2-3,7-8H2,1H3,(H,28,31)(H,29,38)(H,30,36)(H,32,37);1H4/t2*19-;/m00./s1. The summed E-state index contributed by atoms with van der Waals surface area (Å²) in [4.78, 5) is 90.4. The first-order valence-corrected chi connectivity index (χ1v) is 25.3. The lowest BCUT2D eigenvalue weighted by atomic mass is 10.1. The largest absolute Gasteiger partial charge is 0.453 e. The van der Waals surface area contributed by atoms with Crippen molar-refractivity contribution in [1.29, 1.82) is 0 Å². The number of H-pyrrole nitrogens is 2. The Hall–Kier alpha value is -9.35. The van der Waals surface area contributed by atoms with Crippen LogP contribution in [0.15, 0.2) is 114 Å². The van der Waals surface area contributed by atoms with Crippen LogP contribution in [0.5, 0.6) is 0 Å². The number of fused-ring (bicyclic) bond motifs is 8. The zero-order valence-electron chi connectivity index (χ0n) is 41.8. The molecule has 8 aromatic rings. The third-order valence-corrected chi connectivity index (χ3v) is 12.9. The van der Waals surface area contributed by atoms with Crippen molar-refractivity contribution in [3.63, 3.8) is 0 Å². The average molecular weight is 1110 g/mol. The fourth-order valence-corrected chi connectivity index (χ4v) is 8.92. The topological polar surface area (TPSA) is 307 Å². The molecule has 0 aliphatic carbocycles. The molecule has 4 bridgehead atoms. The van der Waals surface area contributed by atoms with E-state index in [0.29, 0.717) is 130 Å². The maximum Gasteiger partial charge on any atom is 0.411 e. The number of nitrogens with one attached hydrogen (secondary N) is 8. The number of ether oxygens (including phenoxy) is 2. The van der Waals surface area contributed by atoms with Crippen molar-refractivity contribution >= 4 is 81.8 Å². The number of hydrogen-bond acceptors (Lipinski definition) is 14. The lowest BCUT2D eigenvalue weighted by Crippen LogP contribution is -2.29. The summed E-state index contributed by atoms with van der Waals surface area (Å²) >= 11 is 12.1. The van der Waals surface area contributed by atoms with Crippen molar-refractivity contribution in [1.82, 2.24) is 50.7 Å². The molecular weight excluding hydrogens is 1060 g/mol. The van der Waals surface area contributed by atoms with Crippen LogP contribution in [0.25, 0.3) is 39.5 Å². The van der Waals surface area contributed by atoms with Gasteiger partial charge in [0.1, 0.15) is 17.3 Å². The number of benzene rings is 4. The van der Waals surface area contributed by atoms with Crippen molar-refractivity contribution in [2.24, 2.45) is 0 Å². The lowest BCUT2D eigenvalue weighted by molar-refractivity contribution is -0.117. The number of anilines is 4. The highest BCUT2D eigenvalue weighted by atomic mass is 35.5. The first-order chi connectivity index (χ1) is 37.8. The average Bonchev–Trinajstić information content (AvgIpc) is 4.37. The summed E-state index contributed by atoms with van der Waals surface area (Å²) in [6, 6.07) is 25.0. The predicted molar refractivity (Wildman–Crippen MR) is 295 cm³/mol. The van der Waals surface area contributed by atoms with E-state index in [1.807, 2.05) is 12.1 Å². The third-order valence-electron chi connectivity index (χ3n) is 12.4. The summed E-state index contributed by atoms with van der Waals surface area (Å²) in [5.41, 5.74) is 6.58. The molecule has 2 aliphatic heterocycles. The fourth-order valence-electron chi connectivity index (χ4n) is 8.55. The van der Waals surface area contributed by atoms with Crippen molar-refractivity contribution in [2.75, 3.05) is 35.5 Å². The zero-order valence-corrected chi connectivity index (χ0v) is 43.3. The van der Waals surface area contributed by atoms with E-state index in [4.69, 9.17) is 27.7 Å². The third kappa shape index (κ3) is 14.2. The molecule has 4 aromatic carbocycles. The van der Waals surface area contributed by atoms with Crippen molar-refractivity contribution in [3.05, 3.63) is 143 Å². The molecule has 2 aliphatic rings. The van der Waals surface area contributed by atoms with E-state index in [1.54, 1.807) is 91.3 Å². The summed E-state index contributed by atoms with van der Waals surface area (Å²) in [6.45, 7) is 0. The van der Waals surface area contributed by atoms with Gasteiger partial charge in [0.2, 0.25) is 17.6 Å². The Balaban J connectivity index is 0.000000205. The number of aromatic nitrogens is 8. The van der Waals surface area contributed by atoms with Gasteiger partial charge in [0.15, 0.2) is 5.69 Å². The van der Waals surface area contributed by atoms with Gasteiger partial charge in [-0.25, -0.2) is 24.2 Å². The highest BCUT2D eigenvalue weighted by molar-refractivity contribution is 6.31. The van der Waals surface area contributed by atoms with Gasteiger partial charge in [-0.15, -0.1) is 5.10 Å². The summed E-state index contributed by atoms with van der Waals surface area (Å²) < 4.78 is 16.1. The molecule has 25 heteroatoms. The van der Waals surface area contributed by atoms with Crippen molar-refractivity contribution in [2.45, 2.75) is 70.9 Å². The number of rotatable bonds is 8. The van der Waals surface area contributed by atoms with Crippen LogP contribution in [0.2, 0.25) is 10.0 Å². The number of hydrogen-bond donors (Lipinski definition) is 8. The molecule has 0 saturated heterocycles. The van der Waals surface area contributed by atoms with Crippen LogP contribution in [0, 0.1) is 0 Å². The second-order valence-electron chi connectivity index (χ2n) is 17.9. The molecule has 0 saturated carbocycles. The monoisotopic (exact) mass is 1110 g/mol. The first kappa shape index (κ1) is 55.9. The molecule has 79 heavy (non-hydrogen) atoms. The minimum Gasteiger partial charge on any atom is -0.453 e. The maximum atomic E-state index is 13.1. The van der Waals surface area contributed by atoms with E-state index >= 15 is 0 Å². The number of amides is 6. The number of carbonyl (C=O) groups is 6. The molecule has 6 amide bonds. The van der Waals surface area contributed by atoms with E-state index in [9.17, 15) is 28.8 Å². The Labute approximate surface area is 461 Å². The smallest absolute Gasteiger partial charge is 0.411 e. The van der Waals surface area contributed by atoms with Crippen LogP contribution in [0.1, 0.15) is 104 Å². The van der Waals surface area contributed by atoms with Crippen LogP contribution in [0.3, 0.4) is 0 Å². The molecular formula is C54H54Cl2N14O9. The van der Waals surface area contributed by atoms with Gasteiger partial charge in [-0.3, -0.25) is 29.8 Å². The van der Waals surface area contributed by atoms with E-state index in [1.165, 1.54) is 25.1 Å². The van der Waals surface area contributed by atoms with Crippen LogP contribution >= 0.6 is 23.2 Å². The highest BCUT2D eigenvalue weighted by Crippen LogP contribution is 2.34. The number of methoxy groups -OCH3 is 2. The Morgan fingerprint density at radius 3 is 1.76 bits per heavy atom. The molecule has 8 N–H and O–H groups in total. The minimum absolute atomic E-state index is 0. The van der Waals surface area contributed by atoms with Crippen LogP contribution in [-0.4, -0.2) is 90.1 Å². The summed E-state index contributed by atoms with van der Waals surface area (Å²) in [5, 5.41) is 30.2. The lowest BCUT2D eigenvalue weighted by Gasteiger charge is -2.17. The zero-order chi connectivity index (χ0) is 54.7. The summed E-state index contributed by atoms with van der Waals surface area (Å²) in [7, 11) is 2.54. The molecule has 6 heterocycles. The van der Waals surface area contributed by atoms with Gasteiger partial charge in [-0.1, -0.05) is 72.0 Å². The molecule has 0 fully saturated rings. The van der Waals surface area contributed by atoms with E-state index in [2.05, 4.69) is 76.8 Å². The number of aromatic amines is 2. The number of nitrogens with zero attached hydrogens (tertiary/aromatic N) is 6. The van der Waals surface area contributed by atoms with Gasteiger partial charge in [-0.05, 0) is 92.4 Å². The van der Waals surface area contributed by atoms with Gasteiger partial charge in [0.25, 0.3) is 11.8 Å². The maximum absolute atomic E-state index is 13.1. The van der Waals surface area contributed by atoms with Crippen LogP contribution in [0.4, 0.5) is 32.3 Å². The fraction of sp³-hybridized carbons (Fsp3) is 0.241. The van der Waals surface area contributed by atoms with Gasteiger partial charge in [-0.2, -0.15) is 0 Å². The Morgan fingerprint density at radius 1 is 0.671 bits per heavy atom. The van der Waals surface area contributed by atoms with Gasteiger partial charge >= 0.3 is 12.2 Å². The second-order valence-corrected chi connectivity index (χ2v) is 18.7. The van der Waals surface area contributed by atoms with Crippen LogP contribution in [-0.2, 0) is 19.1 Å². The molecule has 2 atom stereocenters. The van der Waals surface area contributed by atoms with Crippen LogP contribution < -0.4 is 31.9 Å². The van der Waals surface area contributed by atoms with Gasteiger partial charge in [0.05, 0.1) is 73.3 Å². The molecule has 0 spiro atoms. The molecule has 4 aromatic heterocycles. The number of halogens is 2.